The van der Waals surface area contributed by atoms with Crippen LogP contribution in [0.15, 0.2) is 53.7 Å². The van der Waals surface area contributed by atoms with Crippen molar-refractivity contribution in [3.63, 3.8) is 0 Å². The zero-order valence-corrected chi connectivity index (χ0v) is 25.7. The van der Waals surface area contributed by atoms with Gasteiger partial charge in [0, 0.05) is 30.6 Å². The van der Waals surface area contributed by atoms with Gasteiger partial charge >= 0.3 is 18.1 Å². The Morgan fingerprint density at radius 2 is 1.70 bits per heavy atom. The van der Waals surface area contributed by atoms with Crippen molar-refractivity contribution < 1.29 is 46.2 Å². The lowest BCUT2D eigenvalue weighted by atomic mass is 10.1. The van der Waals surface area contributed by atoms with Crippen LogP contribution in [0.2, 0.25) is 0 Å². The molecule has 1 amide bonds. The van der Waals surface area contributed by atoms with Crippen LogP contribution in [0, 0.1) is 20.8 Å². The molecule has 1 atom stereocenters. The summed E-state index contributed by atoms with van der Waals surface area (Å²) in [5.74, 6) is -3.84. The zero-order chi connectivity index (χ0) is 34.2. The minimum absolute atomic E-state index is 0.0326. The fraction of sp³-hybridized carbons (Fsp3) is 0.321. The van der Waals surface area contributed by atoms with Crippen molar-refractivity contribution in [1.29, 1.82) is 0 Å². The van der Waals surface area contributed by atoms with Crippen LogP contribution in [-0.4, -0.2) is 81.8 Å². The Morgan fingerprint density at radius 1 is 1.04 bits per heavy atom. The van der Waals surface area contributed by atoms with E-state index in [1.54, 1.807) is 56.6 Å². The maximum atomic E-state index is 13.0. The molecule has 2 aromatic carbocycles. The molecular formula is C28H32F3N7O7S. The third kappa shape index (κ3) is 9.51. The van der Waals surface area contributed by atoms with E-state index in [2.05, 4.69) is 30.7 Å². The van der Waals surface area contributed by atoms with Gasteiger partial charge in [0.15, 0.2) is 0 Å². The number of alkyl halides is 3. The van der Waals surface area contributed by atoms with Crippen LogP contribution in [-0.2, 0) is 26.2 Å². The molecular weight excluding hydrogens is 635 g/mol. The minimum atomic E-state index is -5.08. The highest BCUT2D eigenvalue weighted by Crippen LogP contribution is 2.22. The summed E-state index contributed by atoms with van der Waals surface area (Å²) in [4.78, 5) is 33.6. The smallest absolute Gasteiger partial charge is 0.480 e. The number of nitrogens with zero attached hydrogens (tertiary/aromatic N) is 3. The number of carbonyl (C=O) groups excluding carboxylic acids is 1. The lowest BCUT2D eigenvalue weighted by Crippen LogP contribution is -2.48. The number of aryl methyl sites for hydroxylation is 4. The standard InChI is InChI=1S/C26H31N7O5S.C2HF3O2/c1-16-11-17(2)24(18(3)12-16)39(37,38)32-21(26(35)36)15-28-25(34)19-5-6-22-20(13-19)14-30-33(22)10-4-8-27-23-7-9-29-31-23;3-2(4,5)1(6)7/h5-7,9,11-14,21,32H,4,8,10,15H2,1-3H3,(H,28,34)(H,35,36)(H2,27,29,31);(H,6,7)/t21-;/m0./s1. The molecule has 6 N–H and O–H groups in total. The second kappa shape index (κ2) is 14.9. The molecule has 4 rings (SSSR count). The highest BCUT2D eigenvalue weighted by molar-refractivity contribution is 7.89. The number of hydrogen-bond acceptors (Lipinski definition) is 8. The second-order valence-electron chi connectivity index (χ2n) is 10.1. The quantitative estimate of drug-likeness (QED) is 0.122. The Balaban J connectivity index is 0.000000738. The van der Waals surface area contributed by atoms with Gasteiger partial charge in [0.2, 0.25) is 10.0 Å². The number of anilines is 1. The number of carboxylic acid groups (broad SMARTS) is 2. The second-order valence-corrected chi connectivity index (χ2v) is 11.8. The molecule has 0 unspecified atom stereocenters. The molecule has 0 saturated carbocycles. The van der Waals surface area contributed by atoms with Crippen molar-refractivity contribution in [2.75, 3.05) is 18.4 Å². The van der Waals surface area contributed by atoms with Gasteiger partial charge in [-0.25, -0.2) is 13.2 Å². The molecule has 0 fully saturated rings. The van der Waals surface area contributed by atoms with Crippen LogP contribution in [0.3, 0.4) is 0 Å². The first kappa shape index (κ1) is 35.5. The fourth-order valence-corrected chi connectivity index (χ4v) is 6.17. The number of hydrogen-bond donors (Lipinski definition) is 6. The molecule has 0 saturated heterocycles. The van der Waals surface area contributed by atoms with Crippen molar-refractivity contribution in [3.8, 4) is 0 Å². The maximum Gasteiger partial charge on any atom is 0.490 e. The lowest BCUT2D eigenvalue weighted by molar-refractivity contribution is -0.192. The van der Waals surface area contributed by atoms with Gasteiger partial charge in [-0.3, -0.25) is 19.4 Å². The van der Waals surface area contributed by atoms with E-state index in [0.29, 0.717) is 23.2 Å². The van der Waals surface area contributed by atoms with Crippen LogP contribution in [0.1, 0.15) is 33.5 Å². The lowest BCUT2D eigenvalue weighted by Gasteiger charge is -2.18. The van der Waals surface area contributed by atoms with Gasteiger partial charge in [-0.1, -0.05) is 17.7 Å². The number of benzene rings is 2. The van der Waals surface area contributed by atoms with E-state index in [1.165, 1.54) is 0 Å². The summed E-state index contributed by atoms with van der Waals surface area (Å²) in [5, 5.41) is 34.4. The first-order chi connectivity index (χ1) is 21.5. The number of carboxylic acids is 2. The van der Waals surface area contributed by atoms with Crippen LogP contribution in [0.25, 0.3) is 10.9 Å². The van der Waals surface area contributed by atoms with Crippen molar-refractivity contribution in [3.05, 3.63) is 71.0 Å². The Hall–Kier alpha value is -4.97. The molecule has 248 valence electrons. The topological polar surface area (TPSA) is 208 Å². The molecule has 0 bridgehead atoms. The number of nitrogens with one attached hydrogen (secondary N) is 4. The highest BCUT2D eigenvalue weighted by atomic mass is 32.2. The summed E-state index contributed by atoms with van der Waals surface area (Å²) in [6, 6.07) is 8.79. The molecule has 4 aromatic rings. The Bertz CT molecular complexity index is 1780. The molecule has 0 spiro atoms. The van der Waals surface area contributed by atoms with E-state index in [9.17, 15) is 36.3 Å². The summed E-state index contributed by atoms with van der Waals surface area (Å²) < 4.78 is 61.8. The maximum absolute atomic E-state index is 13.0. The predicted octanol–water partition coefficient (Wildman–Crippen LogP) is 2.98. The minimum Gasteiger partial charge on any atom is -0.480 e. The average Bonchev–Trinajstić information content (AvgIpc) is 3.62. The van der Waals surface area contributed by atoms with E-state index in [4.69, 9.17) is 9.90 Å². The predicted molar refractivity (Wildman–Crippen MR) is 160 cm³/mol. The number of halogens is 3. The Labute approximate surface area is 261 Å². The van der Waals surface area contributed by atoms with Gasteiger partial charge in [-0.05, 0) is 62.6 Å². The summed E-state index contributed by atoms with van der Waals surface area (Å²) >= 11 is 0. The number of rotatable bonds is 12. The number of carbonyl (C=O) groups is 3. The molecule has 0 aliphatic rings. The number of aliphatic carboxylic acids is 2. The number of aromatic nitrogens is 4. The molecule has 2 heterocycles. The van der Waals surface area contributed by atoms with Gasteiger partial charge in [0.1, 0.15) is 11.9 Å². The third-order valence-electron chi connectivity index (χ3n) is 6.45. The van der Waals surface area contributed by atoms with Crippen molar-refractivity contribution in [1.82, 2.24) is 30.0 Å². The molecule has 0 radical (unpaired) electrons. The molecule has 2 aromatic heterocycles. The number of H-pyrrole nitrogens is 1. The van der Waals surface area contributed by atoms with Gasteiger partial charge in [0.25, 0.3) is 5.91 Å². The Morgan fingerprint density at radius 3 is 2.26 bits per heavy atom. The Kier molecular flexibility index (Phi) is 11.5. The van der Waals surface area contributed by atoms with E-state index in [0.717, 1.165) is 35.2 Å². The summed E-state index contributed by atoms with van der Waals surface area (Å²) in [6.45, 7) is 6.12. The first-order valence-electron chi connectivity index (χ1n) is 13.6. The SMILES string of the molecule is Cc1cc(C)c(S(=O)(=O)N[C@@H](CNC(=O)c2ccc3c(cnn3CCCNc3ccn[nH]3)c2)C(=O)O)c(C)c1.O=C(O)C(F)(F)F. The van der Waals surface area contributed by atoms with Gasteiger partial charge < -0.3 is 20.8 Å². The van der Waals surface area contributed by atoms with Crippen molar-refractivity contribution >= 4 is 44.6 Å². The largest absolute Gasteiger partial charge is 0.490 e. The molecule has 14 nitrogen and oxygen atoms in total. The third-order valence-corrected chi connectivity index (χ3v) is 8.22. The first-order valence-corrected chi connectivity index (χ1v) is 15.1. The van der Waals surface area contributed by atoms with Crippen LogP contribution in [0.4, 0.5) is 19.0 Å². The number of amides is 1. The fourth-order valence-electron chi connectivity index (χ4n) is 4.53. The van der Waals surface area contributed by atoms with E-state index in [-0.39, 0.29) is 4.90 Å². The highest BCUT2D eigenvalue weighted by Gasteiger charge is 2.38. The number of fused-ring (bicyclic) bond motifs is 1. The van der Waals surface area contributed by atoms with Gasteiger partial charge in [-0.15, -0.1) is 0 Å². The summed E-state index contributed by atoms with van der Waals surface area (Å²) in [7, 11) is -4.15. The average molecular weight is 668 g/mol. The van der Waals surface area contributed by atoms with Crippen LogP contribution >= 0.6 is 0 Å². The van der Waals surface area contributed by atoms with E-state index in [1.807, 2.05) is 17.7 Å². The van der Waals surface area contributed by atoms with Crippen LogP contribution < -0.4 is 15.4 Å². The van der Waals surface area contributed by atoms with Crippen molar-refractivity contribution in [2.24, 2.45) is 0 Å². The van der Waals surface area contributed by atoms with Gasteiger partial charge in [-0.2, -0.15) is 28.1 Å². The molecule has 46 heavy (non-hydrogen) atoms. The monoisotopic (exact) mass is 667 g/mol. The summed E-state index contributed by atoms with van der Waals surface area (Å²) in [6.07, 6.45) is -0.939. The van der Waals surface area contributed by atoms with Crippen LogP contribution in [0.5, 0.6) is 0 Å². The molecule has 0 aliphatic heterocycles. The van der Waals surface area contributed by atoms with Gasteiger partial charge in [0.05, 0.1) is 22.8 Å². The molecule has 0 aliphatic carbocycles. The summed E-state index contributed by atoms with van der Waals surface area (Å²) in [5.41, 5.74) is 3.08. The van der Waals surface area contributed by atoms with E-state index >= 15 is 0 Å². The normalized spacial score (nSPS) is 12.2. The molecule has 18 heteroatoms. The van der Waals surface area contributed by atoms with E-state index < -0.39 is 46.6 Å². The van der Waals surface area contributed by atoms with Crippen molar-refractivity contribution in [2.45, 2.75) is 50.9 Å². The number of aromatic amines is 1. The number of sulfonamides is 1. The zero-order valence-electron chi connectivity index (χ0n) is 24.8.